The molecule has 2 aromatic rings. The highest BCUT2D eigenvalue weighted by molar-refractivity contribution is 6.40. The number of aromatic nitrogens is 2. The molecule has 0 saturated heterocycles. The van der Waals surface area contributed by atoms with Gasteiger partial charge in [-0.25, -0.2) is 5.01 Å². The second-order valence-electron chi connectivity index (χ2n) is 5.51. The van der Waals surface area contributed by atoms with Gasteiger partial charge in [0, 0.05) is 12.8 Å². The summed E-state index contributed by atoms with van der Waals surface area (Å²) in [7, 11) is 0. The van der Waals surface area contributed by atoms with Gasteiger partial charge >= 0.3 is 0 Å². The molecule has 1 aliphatic rings. The first kappa shape index (κ1) is 15.9. The van der Waals surface area contributed by atoms with Crippen LogP contribution in [0.15, 0.2) is 41.5 Å². The molecule has 24 heavy (non-hydrogen) atoms. The number of hydrogen-bond acceptors (Lipinski definition) is 4. The fraction of sp³-hybridized carbons (Fsp3) is 0.294. The van der Waals surface area contributed by atoms with Gasteiger partial charge in [-0.3, -0.25) is 14.7 Å². The van der Waals surface area contributed by atoms with Crippen molar-refractivity contribution in [3.05, 3.63) is 47.8 Å². The average Bonchev–Trinajstić information content (AvgIpc) is 3.09. The number of H-pyrrole nitrogens is 1. The number of carbonyl (C=O) groups is 2. The topological polar surface area (TPSA) is 90.5 Å². The van der Waals surface area contributed by atoms with E-state index in [1.807, 2.05) is 31.2 Å². The van der Waals surface area contributed by atoms with Crippen LogP contribution in [0, 0.1) is 0 Å². The highest BCUT2D eigenvalue weighted by atomic mass is 16.2. The normalized spacial score (nSPS) is 14.5. The van der Waals surface area contributed by atoms with Crippen LogP contribution in [0.5, 0.6) is 0 Å². The summed E-state index contributed by atoms with van der Waals surface area (Å²) in [4.78, 5) is 24.4. The quantitative estimate of drug-likeness (QED) is 0.878. The maximum Gasteiger partial charge on any atom is 0.267 e. The molecule has 7 nitrogen and oxygen atoms in total. The van der Waals surface area contributed by atoms with Crippen LogP contribution in [0.4, 0.5) is 5.69 Å². The van der Waals surface area contributed by atoms with Gasteiger partial charge in [-0.15, -0.1) is 0 Å². The molecule has 0 aliphatic carbocycles. The van der Waals surface area contributed by atoms with Gasteiger partial charge in [0.15, 0.2) is 0 Å². The summed E-state index contributed by atoms with van der Waals surface area (Å²) < 4.78 is 0. The summed E-state index contributed by atoms with van der Waals surface area (Å²) in [5, 5.41) is 15.4. The summed E-state index contributed by atoms with van der Waals surface area (Å²) in [5.41, 5.74) is 2.81. The Bertz CT molecular complexity index is 766. The molecule has 0 atom stereocenters. The predicted molar refractivity (Wildman–Crippen MR) is 90.4 cm³/mol. The number of nitrogens with zero attached hydrogens (tertiary/aromatic N) is 3. The monoisotopic (exact) mass is 325 g/mol. The van der Waals surface area contributed by atoms with Crippen LogP contribution in [0.3, 0.4) is 0 Å². The molecule has 2 amide bonds. The number of aryl methyl sites for hydroxylation is 1. The molecule has 1 aliphatic heterocycles. The molecule has 2 heterocycles. The number of hydrazone groups is 1. The first-order valence-corrected chi connectivity index (χ1v) is 7.94. The lowest BCUT2D eigenvalue weighted by Gasteiger charge is -2.23. The Kier molecular flexibility index (Phi) is 4.69. The van der Waals surface area contributed by atoms with Gasteiger partial charge in [0.1, 0.15) is 5.71 Å². The largest absolute Gasteiger partial charge is 0.345 e. The molecule has 0 unspecified atom stereocenters. The van der Waals surface area contributed by atoms with Crippen molar-refractivity contribution in [2.24, 2.45) is 5.10 Å². The first-order valence-electron chi connectivity index (χ1n) is 7.94. The SMILES string of the molecule is CCc1cc(CNC(=O)C2=NN(c3ccccc3)C(=O)CC2)[nH]n1. The molecule has 2 N–H and O–H groups in total. The van der Waals surface area contributed by atoms with E-state index in [4.69, 9.17) is 0 Å². The summed E-state index contributed by atoms with van der Waals surface area (Å²) in [6.07, 6.45) is 1.45. The summed E-state index contributed by atoms with van der Waals surface area (Å²) in [6.45, 7) is 2.37. The highest BCUT2D eigenvalue weighted by Gasteiger charge is 2.25. The molecule has 0 spiro atoms. The van der Waals surface area contributed by atoms with Crippen molar-refractivity contribution in [1.82, 2.24) is 15.5 Å². The molecule has 0 radical (unpaired) electrons. The van der Waals surface area contributed by atoms with E-state index >= 15 is 0 Å². The van der Waals surface area contributed by atoms with Crippen LogP contribution in [-0.4, -0.2) is 27.7 Å². The number of hydrogen-bond donors (Lipinski definition) is 2. The summed E-state index contributed by atoms with van der Waals surface area (Å²) >= 11 is 0. The van der Waals surface area contributed by atoms with E-state index in [9.17, 15) is 9.59 Å². The van der Waals surface area contributed by atoms with Crippen molar-refractivity contribution < 1.29 is 9.59 Å². The molecular weight excluding hydrogens is 306 g/mol. The first-order chi connectivity index (χ1) is 11.7. The maximum absolute atomic E-state index is 12.3. The molecule has 1 aromatic carbocycles. The Balaban J connectivity index is 1.68. The molecule has 0 saturated carbocycles. The van der Waals surface area contributed by atoms with E-state index in [0.29, 0.717) is 24.4 Å². The second kappa shape index (κ2) is 7.08. The van der Waals surface area contributed by atoms with Crippen LogP contribution < -0.4 is 10.3 Å². The summed E-state index contributed by atoms with van der Waals surface area (Å²) in [6, 6.07) is 11.0. The minimum Gasteiger partial charge on any atom is -0.345 e. The van der Waals surface area contributed by atoms with Gasteiger partial charge in [-0.2, -0.15) is 10.2 Å². The molecule has 7 heteroatoms. The van der Waals surface area contributed by atoms with Crippen LogP contribution >= 0.6 is 0 Å². The average molecular weight is 325 g/mol. The van der Waals surface area contributed by atoms with Gasteiger partial charge in [0.25, 0.3) is 5.91 Å². The number of nitrogens with one attached hydrogen (secondary N) is 2. The minimum atomic E-state index is -0.268. The lowest BCUT2D eigenvalue weighted by molar-refractivity contribution is -0.119. The van der Waals surface area contributed by atoms with E-state index in [1.54, 1.807) is 12.1 Å². The van der Waals surface area contributed by atoms with Gasteiger partial charge in [-0.05, 0) is 24.6 Å². The zero-order chi connectivity index (χ0) is 16.9. The number of rotatable bonds is 5. The smallest absolute Gasteiger partial charge is 0.267 e. The minimum absolute atomic E-state index is 0.112. The standard InChI is InChI=1S/C17H19N5O2/c1-2-12-10-13(20-19-12)11-18-17(24)15-8-9-16(23)22(21-15)14-6-4-3-5-7-14/h3-7,10H,2,8-9,11H2,1H3,(H,18,24)(H,19,20). The maximum atomic E-state index is 12.3. The Hall–Kier alpha value is -2.96. The molecule has 1 aromatic heterocycles. The van der Waals surface area contributed by atoms with Crippen molar-refractivity contribution in [1.29, 1.82) is 0 Å². The molecule has 0 bridgehead atoms. The van der Waals surface area contributed by atoms with Gasteiger partial charge < -0.3 is 5.32 Å². The third-order valence-corrected chi connectivity index (χ3v) is 3.78. The fourth-order valence-corrected chi connectivity index (χ4v) is 2.45. The zero-order valence-electron chi connectivity index (χ0n) is 13.5. The number of amides is 2. The lowest BCUT2D eigenvalue weighted by Crippen LogP contribution is -2.38. The second-order valence-corrected chi connectivity index (χ2v) is 5.51. The van der Waals surface area contributed by atoms with Crippen LogP contribution in [-0.2, 0) is 22.6 Å². The van der Waals surface area contributed by atoms with E-state index in [-0.39, 0.29) is 18.2 Å². The molecular formula is C17H19N5O2. The third kappa shape index (κ3) is 3.51. The molecule has 0 fully saturated rings. The molecule has 3 rings (SSSR count). The van der Waals surface area contributed by atoms with Crippen molar-refractivity contribution in [2.45, 2.75) is 32.7 Å². The lowest BCUT2D eigenvalue weighted by atomic mass is 10.1. The number of benzene rings is 1. The van der Waals surface area contributed by atoms with Crippen molar-refractivity contribution >= 4 is 23.2 Å². The Morgan fingerprint density at radius 3 is 2.79 bits per heavy atom. The fourth-order valence-electron chi connectivity index (χ4n) is 2.45. The highest BCUT2D eigenvalue weighted by Crippen LogP contribution is 2.19. The van der Waals surface area contributed by atoms with Crippen LogP contribution in [0.25, 0.3) is 0 Å². The van der Waals surface area contributed by atoms with Crippen molar-refractivity contribution in [3.8, 4) is 0 Å². The Labute approximate surface area is 139 Å². The number of aromatic amines is 1. The van der Waals surface area contributed by atoms with E-state index in [1.165, 1.54) is 5.01 Å². The third-order valence-electron chi connectivity index (χ3n) is 3.78. The Morgan fingerprint density at radius 2 is 2.08 bits per heavy atom. The zero-order valence-corrected chi connectivity index (χ0v) is 13.5. The van der Waals surface area contributed by atoms with E-state index in [0.717, 1.165) is 17.8 Å². The van der Waals surface area contributed by atoms with E-state index in [2.05, 4.69) is 20.6 Å². The van der Waals surface area contributed by atoms with Crippen LogP contribution in [0.2, 0.25) is 0 Å². The Morgan fingerprint density at radius 1 is 1.29 bits per heavy atom. The van der Waals surface area contributed by atoms with Crippen molar-refractivity contribution in [2.75, 3.05) is 5.01 Å². The number of anilines is 1. The number of para-hydroxylation sites is 1. The predicted octanol–water partition coefficient (Wildman–Crippen LogP) is 1.77. The van der Waals surface area contributed by atoms with Gasteiger partial charge in [0.2, 0.25) is 5.91 Å². The van der Waals surface area contributed by atoms with Gasteiger partial charge in [-0.1, -0.05) is 25.1 Å². The summed E-state index contributed by atoms with van der Waals surface area (Å²) in [5.74, 6) is -0.380. The number of carbonyl (C=O) groups excluding carboxylic acids is 2. The van der Waals surface area contributed by atoms with Gasteiger partial charge in [0.05, 0.1) is 23.6 Å². The van der Waals surface area contributed by atoms with E-state index < -0.39 is 0 Å². The molecule has 124 valence electrons. The van der Waals surface area contributed by atoms with Crippen molar-refractivity contribution in [3.63, 3.8) is 0 Å². The van der Waals surface area contributed by atoms with Crippen LogP contribution in [0.1, 0.15) is 31.2 Å².